The van der Waals surface area contributed by atoms with Gasteiger partial charge in [0.15, 0.2) is 6.23 Å². The topological polar surface area (TPSA) is 97.9 Å². The zero-order chi connectivity index (χ0) is 17.4. The van der Waals surface area contributed by atoms with Gasteiger partial charge in [-0.05, 0) is 25.5 Å². The van der Waals surface area contributed by atoms with Crippen LogP contribution >= 0.6 is 0 Å². The molecule has 0 spiro atoms. The smallest absolute Gasteiger partial charge is 0.159 e. The van der Waals surface area contributed by atoms with Crippen LogP contribution in [0.3, 0.4) is 0 Å². The zero-order valence-electron chi connectivity index (χ0n) is 14.3. The van der Waals surface area contributed by atoms with Crippen molar-refractivity contribution in [2.24, 2.45) is 15.9 Å². The lowest BCUT2D eigenvalue weighted by Crippen LogP contribution is -2.49. The quantitative estimate of drug-likeness (QED) is 0.691. The Morgan fingerprint density at radius 1 is 1.33 bits per heavy atom. The van der Waals surface area contributed by atoms with Crippen LogP contribution < -0.4 is 0 Å². The fraction of sp³-hybridized carbons (Fsp3) is 0.765. The van der Waals surface area contributed by atoms with Gasteiger partial charge in [-0.25, -0.2) is 4.99 Å². The van der Waals surface area contributed by atoms with E-state index in [4.69, 9.17) is 4.74 Å². The molecule has 0 bridgehead atoms. The number of hydrogen-bond donors (Lipinski definition) is 3. The van der Waals surface area contributed by atoms with Crippen LogP contribution in [0.1, 0.15) is 39.0 Å². The number of allylic oxidation sites excluding steroid dienone is 1. The van der Waals surface area contributed by atoms with Crippen LogP contribution in [-0.4, -0.2) is 70.6 Å². The number of hydrogen-bond acceptors (Lipinski definition) is 7. The standard InChI is InChI=1S/C17H29N3O4/c1-2-3-5-14-6-4-8-20(12-18-11-19-14)17-16(23)15(22)13(10-21)7-9-24-17/h4,8,11,13,15-17,21-23H,2-3,5-7,9-10,12H2,1H3/b8-4-,18-11?,19-14?/t13-,15-,16-,17-/m1/s1. The molecule has 0 aromatic carbocycles. The SMILES string of the molecule is CCCCC1=NC=NCN([C@@H]2OCC[C@H](CO)[C@@H](O)[C@H]2O)/C=C\C1. The van der Waals surface area contributed by atoms with Gasteiger partial charge >= 0.3 is 0 Å². The molecule has 136 valence electrons. The molecule has 0 aliphatic carbocycles. The number of nitrogens with zero attached hydrogens (tertiary/aromatic N) is 3. The number of unbranched alkanes of at least 4 members (excludes halogenated alkanes) is 1. The van der Waals surface area contributed by atoms with E-state index in [-0.39, 0.29) is 12.5 Å². The van der Waals surface area contributed by atoms with Crippen LogP contribution in [0.4, 0.5) is 0 Å². The van der Waals surface area contributed by atoms with Gasteiger partial charge in [-0.1, -0.05) is 19.4 Å². The Bertz CT molecular complexity index is 467. The van der Waals surface area contributed by atoms with Crippen LogP contribution in [-0.2, 0) is 4.74 Å². The predicted molar refractivity (Wildman–Crippen MR) is 92.9 cm³/mol. The first-order chi connectivity index (χ1) is 11.7. The normalized spacial score (nSPS) is 33.2. The highest BCUT2D eigenvalue weighted by Crippen LogP contribution is 2.23. The summed E-state index contributed by atoms with van der Waals surface area (Å²) in [5, 5.41) is 30.0. The maximum Gasteiger partial charge on any atom is 0.159 e. The van der Waals surface area contributed by atoms with E-state index < -0.39 is 18.4 Å². The summed E-state index contributed by atoms with van der Waals surface area (Å²) in [7, 11) is 0. The molecule has 24 heavy (non-hydrogen) atoms. The van der Waals surface area contributed by atoms with Gasteiger partial charge < -0.3 is 25.0 Å². The maximum atomic E-state index is 10.4. The van der Waals surface area contributed by atoms with Gasteiger partial charge in [0, 0.05) is 31.3 Å². The van der Waals surface area contributed by atoms with E-state index >= 15 is 0 Å². The van der Waals surface area contributed by atoms with Gasteiger partial charge in [0.25, 0.3) is 0 Å². The van der Waals surface area contributed by atoms with E-state index in [1.54, 1.807) is 11.2 Å². The van der Waals surface area contributed by atoms with Crippen molar-refractivity contribution in [1.29, 1.82) is 0 Å². The van der Waals surface area contributed by atoms with E-state index in [1.165, 1.54) is 0 Å². The molecule has 2 heterocycles. The Morgan fingerprint density at radius 3 is 2.92 bits per heavy atom. The number of rotatable bonds is 5. The molecule has 0 amide bonds. The van der Waals surface area contributed by atoms with Crippen molar-refractivity contribution < 1.29 is 20.1 Å². The Morgan fingerprint density at radius 2 is 2.17 bits per heavy atom. The zero-order valence-corrected chi connectivity index (χ0v) is 14.3. The molecular weight excluding hydrogens is 310 g/mol. The molecule has 1 fully saturated rings. The summed E-state index contributed by atoms with van der Waals surface area (Å²) in [6, 6.07) is 0. The molecule has 3 N–H and O–H groups in total. The van der Waals surface area contributed by atoms with Gasteiger partial charge in [-0.3, -0.25) is 4.99 Å². The molecule has 2 aliphatic heterocycles. The van der Waals surface area contributed by atoms with Crippen molar-refractivity contribution >= 4 is 12.1 Å². The van der Waals surface area contributed by atoms with Crippen LogP contribution in [0.2, 0.25) is 0 Å². The summed E-state index contributed by atoms with van der Waals surface area (Å²) in [6.45, 7) is 2.64. The van der Waals surface area contributed by atoms with Crippen molar-refractivity contribution in [1.82, 2.24) is 4.90 Å². The van der Waals surface area contributed by atoms with Crippen LogP contribution in [0.25, 0.3) is 0 Å². The lowest BCUT2D eigenvalue weighted by Gasteiger charge is -2.33. The fourth-order valence-corrected chi connectivity index (χ4v) is 2.94. The molecule has 0 unspecified atom stereocenters. The third-order valence-corrected chi connectivity index (χ3v) is 4.50. The van der Waals surface area contributed by atoms with Crippen LogP contribution in [0.15, 0.2) is 22.3 Å². The van der Waals surface area contributed by atoms with Crippen molar-refractivity contribution in [2.45, 2.75) is 57.5 Å². The number of ether oxygens (including phenoxy) is 1. The maximum absolute atomic E-state index is 10.4. The summed E-state index contributed by atoms with van der Waals surface area (Å²) < 4.78 is 5.73. The highest BCUT2D eigenvalue weighted by atomic mass is 16.5. The van der Waals surface area contributed by atoms with E-state index in [2.05, 4.69) is 16.9 Å². The second kappa shape index (κ2) is 9.88. The number of aliphatic hydroxyl groups excluding tert-OH is 3. The average Bonchev–Trinajstić information content (AvgIpc) is 2.67. The molecule has 2 aliphatic rings. The van der Waals surface area contributed by atoms with Gasteiger partial charge in [0.05, 0.1) is 6.10 Å². The Labute approximate surface area is 143 Å². The van der Waals surface area contributed by atoms with Gasteiger partial charge in [0.1, 0.15) is 19.1 Å². The number of aliphatic imine (C=N–C) groups is 2. The van der Waals surface area contributed by atoms with Crippen molar-refractivity contribution in [3.8, 4) is 0 Å². The minimum absolute atomic E-state index is 0.170. The van der Waals surface area contributed by atoms with E-state index in [9.17, 15) is 15.3 Å². The van der Waals surface area contributed by atoms with Gasteiger partial charge in [-0.2, -0.15) is 0 Å². The molecule has 7 heteroatoms. The van der Waals surface area contributed by atoms with E-state index in [1.807, 2.05) is 12.3 Å². The third kappa shape index (κ3) is 5.11. The molecule has 0 saturated carbocycles. The summed E-state index contributed by atoms with van der Waals surface area (Å²) >= 11 is 0. The first-order valence-corrected chi connectivity index (χ1v) is 8.72. The Kier molecular flexibility index (Phi) is 7.84. The minimum atomic E-state index is -1.11. The average molecular weight is 339 g/mol. The molecule has 0 aromatic rings. The summed E-state index contributed by atoms with van der Waals surface area (Å²) in [4.78, 5) is 10.4. The van der Waals surface area contributed by atoms with Crippen LogP contribution in [0, 0.1) is 5.92 Å². The first kappa shape index (κ1) is 19.1. The fourth-order valence-electron chi connectivity index (χ4n) is 2.94. The summed E-state index contributed by atoms with van der Waals surface area (Å²) in [5.74, 6) is -0.376. The molecule has 0 aromatic heterocycles. The number of aliphatic hydroxyl groups is 3. The molecule has 4 atom stereocenters. The lowest BCUT2D eigenvalue weighted by molar-refractivity contribution is -0.133. The molecule has 0 radical (unpaired) electrons. The van der Waals surface area contributed by atoms with E-state index in [0.29, 0.717) is 19.7 Å². The molecule has 7 nitrogen and oxygen atoms in total. The molecule has 1 saturated heterocycles. The first-order valence-electron chi connectivity index (χ1n) is 8.72. The highest BCUT2D eigenvalue weighted by Gasteiger charge is 2.37. The Balaban J connectivity index is 2.05. The molecular formula is C17H29N3O4. The largest absolute Gasteiger partial charge is 0.396 e. The predicted octanol–water partition coefficient (Wildman–Crippen LogP) is 0.899. The minimum Gasteiger partial charge on any atom is -0.396 e. The van der Waals surface area contributed by atoms with Gasteiger partial charge in [0.2, 0.25) is 0 Å². The van der Waals surface area contributed by atoms with Crippen LogP contribution in [0.5, 0.6) is 0 Å². The second-order valence-electron chi connectivity index (χ2n) is 6.32. The summed E-state index contributed by atoms with van der Waals surface area (Å²) in [6.07, 6.45) is 6.99. The van der Waals surface area contributed by atoms with Crippen molar-refractivity contribution in [3.05, 3.63) is 12.3 Å². The third-order valence-electron chi connectivity index (χ3n) is 4.50. The molecule has 2 rings (SSSR count). The second-order valence-corrected chi connectivity index (χ2v) is 6.32. The monoisotopic (exact) mass is 339 g/mol. The lowest BCUT2D eigenvalue weighted by atomic mass is 9.96. The Hall–Kier alpha value is -1.28. The van der Waals surface area contributed by atoms with Crippen molar-refractivity contribution in [3.63, 3.8) is 0 Å². The van der Waals surface area contributed by atoms with Gasteiger partial charge in [-0.15, -0.1) is 0 Å². The van der Waals surface area contributed by atoms with Crippen molar-refractivity contribution in [2.75, 3.05) is 19.9 Å². The highest BCUT2D eigenvalue weighted by molar-refractivity contribution is 5.91. The van der Waals surface area contributed by atoms with E-state index in [0.717, 1.165) is 31.4 Å². The summed E-state index contributed by atoms with van der Waals surface area (Å²) in [5.41, 5.74) is 1.08.